The first-order valence-corrected chi connectivity index (χ1v) is 6.93. The van der Waals surface area contributed by atoms with Crippen molar-refractivity contribution < 1.29 is 30.9 Å². The SMILES string of the molecule is O=S(=O)(Oc1ccc2c(c1)CCC[C@@H]2O)C(F)(F)F. The number of hydrogen-bond acceptors (Lipinski definition) is 4. The van der Waals surface area contributed by atoms with Crippen LogP contribution in [0.5, 0.6) is 5.75 Å². The largest absolute Gasteiger partial charge is 0.534 e. The minimum absolute atomic E-state index is 0.398. The minimum atomic E-state index is -5.65. The molecular formula is C11H11F3O4S. The van der Waals surface area contributed by atoms with Crippen LogP contribution in [0, 0.1) is 0 Å². The second kappa shape index (κ2) is 4.68. The smallest absolute Gasteiger partial charge is 0.388 e. The number of hydrogen-bond donors (Lipinski definition) is 1. The van der Waals surface area contributed by atoms with Gasteiger partial charge in [-0.1, -0.05) is 6.07 Å². The maximum absolute atomic E-state index is 12.2. The van der Waals surface area contributed by atoms with Crippen molar-refractivity contribution in [1.82, 2.24) is 0 Å². The predicted octanol–water partition coefficient (Wildman–Crippen LogP) is 2.28. The Morgan fingerprint density at radius 3 is 2.63 bits per heavy atom. The number of fused-ring (bicyclic) bond motifs is 1. The molecule has 0 spiro atoms. The molecule has 0 saturated heterocycles. The monoisotopic (exact) mass is 296 g/mol. The van der Waals surface area contributed by atoms with E-state index < -0.39 is 27.5 Å². The van der Waals surface area contributed by atoms with Gasteiger partial charge in [0.25, 0.3) is 0 Å². The van der Waals surface area contributed by atoms with Crippen LogP contribution in [0.4, 0.5) is 13.2 Å². The Labute approximate surface area is 107 Å². The van der Waals surface area contributed by atoms with Crippen LogP contribution in [0.3, 0.4) is 0 Å². The highest BCUT2D eigenvalue weighted by Crippen LogP contribution is 2.33. The van der Waals surface area contributed by atoms with Crippen molar-refractivity contribution in [3.05, 3.63) is 29.3 Å². The Morgan fingerprint density at radius 2 is 2.00 bits per heavy atom. The van der Waals surface area contributed by atoms with E-state index >= 15 is 0 Å². The van der Waals surface area contributed by atoms with Crippen molar-refractivity contribution in [3.8, 4) is 5.75 Å². The summed E-state index contributed by atoms with van der Waals surface area (Å²) in [6, 6.07) is 3.72. The van der Waals surface area contributed by atoms with Gasteiger partial charge in [-0.2, -0.15) is 21.6 Å². The number of aliphatic hydroxyl groups excluding tert-OH is 1. The van der Waals surface area contributed by atoms with Crippen LogP contribution >= 0.6 is 0 Å². The fraction of sp³-hybridized carbons (Fsp3) is 0.455. The van der Waals surface area contributed by atoms with Gasteiger partial charge in [0.15, 0.2) is 0 Å². The number of benzene rings is 1. The van der Waals surface area contributed by atoms with Crippen LogP contribution in [0.25, 0.3) is 0 Å². The molecule has 1 aromatic carbocycles. The van der Waals surface area contributed by atoms with Gasteiger partial charge < -0.3 is 9.29 Å². The third-order valence-corrected chi connectivity index (χ3v) is 3.87. The summed E-state index contributed by atoms with van der Waals surface area (Å²) in [6.45, 7) is 0. The summed E-state index contributed by atoms with van der Waals surface area (Å²) in [5.41, 5.74) is -4.25. The number of aliphatic hydroxyl groups is 1. The molecule has 1 aliphatic carbocycles. The highest BCUT2D eigenvalue weighted by Gasteiger charge is 2.48. The van der Waals surface area contributed by atoms with Crippen LogP contribution in [0.2, 0.25) is 0 Å². The standard InChI is InChI=1S/C11H11F3O4S/c12-11(13,14)19(16,17)18-8-4-5-9-7(6-8)2-1-3-10(9)15/h4-6,10,15H,1-3H2/t10-/m0/s1. The molecule has 4 nitrogen and oxygen atoms in total. The normalized spacial score (nSPS) is 19.9. The highest BCUT2D eigenvalue weighted by molar-refractivity contribution is 7.87. The van der Waals surface area contributed by atoms with Gasteiger partial charge >= 0.3 is 15.6 Å². The number of aryl methyl sites for hydroxylation is 1. The molecule has 0 unspecified atom stereocenters. The van der Waals surface area contributed by atoms with Crippen molar-refractivity contribution in [3.63, 3.8) is 0 Å². The summed E-state index contributed by atoms with van der Waals surface area (Å²) >= 11 is 0. The van der Waals surface area contributed by atoms with Gasteiger partial charge in [0.2, 0.25) is 0 Å². The molecule has 0 bridgehead atoms. The minimum Gasteiger partial charge on any atom is -0.388 e. The van der Waals surface area contributed by atoms with Gasteiger partial charge in [0.05, 0.1) is 6.10 Å². The van der Waals surface area contributed by atoms with Gasteiger partial charge in [-0.3, -0.25) is 0 Å². The van der Waals surface area contributed by atoms with E-state index in [-0.39, 0.29) is 0 Å². The van der Waals surface area contributed by atoms with E-state index in [9.17, 15) is 26.7 Å². The number of halogens is 3. The highest BCUT2D eigenvalue weighted by atomic mass is 32.2. The van der Waals surface area contributed by atoms with Gasteiger partial charge in [0.1, 0.15) is 5.75 Å². The molecule has 0 radical (unpaired) electrons. The zero-order valence-corrected chi connectivity index (χ0v) is 10.5. The first kappa shape index (κ1) is 14.1. The molecule has 0 fully saturated rings. The second-order valence-electron chi connectivity index (χ2n) is 4.25. The van der Waals surface area contributed by atoms with E-state index in [1.54, 1.807) is 0 Å². The Bertz CT molecular complexity index is 580. The first-order valence-electron chi connectivity index (χ1n) is 5.52. The quantitative estimate of drug-likeness (QED) is 0.672. The average molecular weight is 296 g/mol. The number of rotatable bonds is 2. The van der Waals surface area contributed by atoms with Crippen molar-refractivity contribution >= 4 is 10.1 Å². The molecule has 0 heterocycles. The Hall–Kier alpha value is -1.28. The van der Waals surface area contributed by atoms with Crippen LogP contribution in [-0.2, 0) is 16.5 Å². The van der Waals surface area contributed by atoms with E-state index in [1.807, 2.05) is 0 Å². The molecule has 1 aromatic rings. The lowest BCUT2D eigenvalue weighted by atomic mass is 9.89. The molecule has 0 saturated carbocycles. The van der Waals surface area contributed by atoms with Crippen LogP contribution in [0.1, 0.15) is 30.1 Å². The van der Waals surface area contributed by atoms with Gasteiger partial charge in [-0.25, -0.2) is 0 Å². The van der Waals surface area contributed by atoms with Crippen molar-refractivity contribution in [2.24, 2.45) is 0 Å². The summed E-state index contributed by atoms with van der Waals surface area (Å²) in [6.07, 6.45) is 1.16. The third-order valence-electron chi connectivity index (χ3n) is 2.89. The predicted molar refractivity (Wildman–Crippen MR) is 59.9 cm³/mol. The summed E-state index contributed by atoms with van der Waals surface area (Å²) in [7, 11) is -5.65. The third kappa shape index (κ3) is 2.84. The van der Waals surface area contributed by atoms with E-state index in [1.165, 1.54) is 12.1 Å². The molecule has 19 heavy (non-hydrogen) atoms. The summed E-state index contributed by atoms with van der Waals surface area (Å²) in [5.74, 6) is -0.398. The molecule has 1 N–H and O–H groups in total. The van der Waals surface area contributed by atoms with Crippen molar-refractivity contribution in [1.29, 1.82) is 0 Å². The van der Waals surface area contributed by atoms with Crippen molar-refractivity contribution in [2.45, 2.75) is 30.9 Å². The van der Waals surface area contributed by atoms with E-state index in [0.29, 0.717) is 30.4 Å². The lowest BCUT2D eigenvalue weighted by Crippen LogP contribution is -2.28. The Balaban J connectivity index is 2.29. The molecule has 1 atom stereocenters. The van der Waals surface area contributed by atoms with Crippen molar-refractivity contribution in [2.75, 3.05) is 0 Å². The average Bonchev–Trinajstić information content (AvgIpc) is 2.27. The fourth-order valence-corrected chi connectivity index (χ4v) is 2.44. The molecule has 0 amide bonds. The zero-order valence-electron chi connectivity index (χ0n) is 9.64. The zero-order chi connectivity index (χ0) is 14.3. The van der Waals surface area contributed by atoms with E-state index in [0.717, 1.165) is 6.07 Å². The Morgan fingerprint density at radius 1 is 1.32 bits per heavy atom. The maximum Gasteiger partial charge on any atom is 0.534 e. The lowest BCUT2D eigenvalue weighted by Gasteiger charge is -2.21. The molecular weight excluding hydrogens is 285 g/mol. The van der Waals surface area contributed by atoms with Crippen LogP contribution in [0.15, 0.2) is 18.2 Å². The second-order valence-corrected chi connectivity index (χ2v) is 5.79. The van der Waals surface area contributed by atoms with Crippen LogP contribution in [-0.4, -0.2) is 19.0 Å². The van der Waals surface area contributed by atoms with Crippen LogP contribution < -0.4 is 4.18 Å². The molecule has 2 rings (SSSR count). The molecule has 0 aliphatic heterocycles. The first-order chi connectivity index (χ1) is 8.71. The molecule has 8 heteroatoms. The molecule has 0 aromatic heterocycles. The molecule has 106 valence electrons. The van der Waals surface area contributed by atoms with Gasteiger partial charge in [-0.15, -0.1) is 0 Å². The molecule has 1 aliphatic rings. The van der Waals surface area contributed by atoms with E-state index in [4.69, 9.17) is 0 Å². The summed E-state index contributed by atoms with van der Waals surface area (Å²) in [5, 5.41) is 9.67. The summed E-state index contributed by atoms with van der Waals surface area (Å²) in [4.78, 5) is 0. The fourth-order valence-electron chi connectivity index (χ4n) is 1.99. The maximum atomic E-state index is 12.2. The summed E-state index contributed by atoms with van der Waals surface area (Å²) < 4.78 is 62.2. The van der Waals surface area contributed by atoms with Gasteiger partial charge in [0, 0.05) is 0 Å². The van der Waals surface area contributed by atoms with Gasteiger partial charge in [-0.05, 0) is 42.5 Å². The lowest BCUT2D eigenvalue weighted by molar-refractivity contribution is -0.0500. The number of alkyl halides is 3. The van der Waals surface area contributed by atoms with E-state index in [2.05, 4.69) is 4.18 Å². The Kier molecular flexibility index (Phi) is 3.48. The topological polar surface area (TPSA) is 63.6 Å².